The van der Waals surface area contributed by atoms with Crippen LogP contribution in [0, 0.1) is 0 Å². The maximum absolute atomic E-state index is 13.8. The van der Waals surface area contributed by atoms with Crippen molar-refractivity contribution < 1.29 is 9.53 Å². The fourth-order valence-electron chi connectivity index (χ4n) is 4.64. The maximum Gasteiger partial charge on any atom is 0.322 e. The Kier molecular flexibility index (Phi) is 6.26. The zero-order valence-electron chi connectivity index (χ0n) is 19.6. The number of para-hydroxylation sites is 1. The van der Waals surface area contributed by atoms with E-state index >= 15 is 0 Å². The van der Waals surface area contributed by atoms with Gasteiger partial charge in [0.15, 0.2) is 0 Å². The minimum absolute atomic E-state index is 0.0692. The van der Waals surface area contributed by atoms with Crippen LogP contribution in [0.15, 0.2) is 60.8 Å². The summed E-state index contributed by atoms with van der Waals surface area (Å²) in [5, 5.41) is 3.31. The van der Waals surface area contributed by atoms with Gasteiger partial charge in [0.05, 0.1) is 13.2 Å². The molecule has 0 bridgehead atoms. The number of amides is 2. The highest BCUT2D eigenvalue weighted by Crippen LogP contribution is 2.36. The summed E-state index contributed by atoms with van der Waals surface area (Å²) >= 11 is 0. The third kappa shape index (κ3) is 4.12. The molecule has 0 fully saturated rings. The summed E-state index contributed by atoms with van der Waals surface area (Å²) in [6.07, 6.45) is 2.09. The van der Waals surface area contributed by atoms with Gasteiger partial charge in [-0.25, -0.2) is 4.79 Å². The highest BCUT2D eigenvalue weighted by molar-refractivity contribution is 5.92. The van der Waals surface area contributed by atoms with Crippen molar-refractivity contribution in [3.8, 4) is 5.75 Å². The number of urea groups is 1. The van der Waals surface area contributed by atoms with Gasteiger partial charge in [0.25, 0.3) is 0 Å². The molecule has 168 valence electrons. The van der Waals surface area contributed by atoms with E-state index in [1.54, 1.807) is 7.11 Å². The van der Waals surface area contributed by atoms with E-state index in [0.29, 0.717) is 18.4 Å². The highest BCUT2D eigenvalue weighted by Gasteiger charge is 2.33. The van der Waals surface area contributed by atoms with Crippen LogP contribution in [0.5, 0.6) is 5.75 Å². The number of fused-ring (bicyclic) bond motifs is 1. The first-order chi connectivity index (χ1) is 15.4. The molecule has 1 aliphatic rings. The smallest absolute Gasteiger partial charge is 0.322 e. The maximum atomic E-state index is 13.8. The van der Waals surface area contributed by atoms with Crippen molar-refractivity contribution >= 4 is 11.7 Å². The molecular formula is C27H33N3O2. The molecule has 0 aliphatic carbocycles. The molecule has 1 atom stereocenters. The van der Waals surface area contributed by atoms with Crippen LogP contribution in [0.1, 0.15) is 68.0 Å². The van der Waals surface area contributed by atoms with Crippen molar-refractivity contribution in [1.29, 1.82) is 0 Å². The van der Waals surface area contributed by atoms with E-state index in [0.717, 1.165) is 29.2 Å². The predicted molar refractivity (Wildman–Crippen MR) is 130 cm³/mol. The quantitative estimate of drug-likeness (QED) is 0.509. The molecule has 3 aromatic rings. The van der Waals surface area contributed by atoms with E-state index in [1.807, 2.05) is 23.1 Å². The van der Waals surface area contributed by atoms with Crippen molar-refractivity contribution in [2.24, 2.45) is 0 Å². The minimum atomic E-state index is -0.178. The first-order valence-corrected chi connectivity index (χ1v) is 11.4. The van der Waals surface area contributed by atoms with Crippen molar-refractivity contribution in [2.45, 2.75) is 52.1 Å². The Morgan fingerprint density at radius 3 is 2.31 bits per heavy atom. The number of benzene rings is 2. The highest BCUT2D eigenvalue weighted by atomic mass is 16.5. The lowest BCUT2D eigenvalue weighted by molar-refractivity contribution is 0.181. The number of nitrogens with zero attached hydrogens (tertiary/aromatic N) is 2. The largest absolute Gasteiger partial charge is 0.497 e. The molecule has 2 amide bonds. The van der Waals surface area contributed by atoms with Crippen LogP contribution in [0.25, 0.3) is 0 Å². The molecule has 2 heterocycles. The van der Waals surface area contributed by atoms with Gasteiger partial charge in [0, 0.05) is 30.7 Å². The van der Waals surface area contributed by atoms with Crippen molar-refractivity contribution in [3.63, 3.8) is 0 Å². The molecule has 0 saturated heterocycles. The summed E-state index contributed by atoms with van der Waals surface area (Å²) in [6.45, 7) is 10.1. The zero-order chi connectivity index (χ0) is 22.8. The molecule has 0 spiro atoms. The fraction of sp³-hybridized carbons (Fsp3) is 0.370. The number of rotatable bonds is 5. The van der Waals surface area contributed by atoms with E-state index in [9.17, 15) is 4.79 Å². The fourth-order valence-corrected chi connectivity index (χ4v) is 4.64. The zero-order valence-corrected chi connectivity index (χ0v) is 19.6. The number of carbonyl (C=O) groups is 1. The van der Waals surface area contributed by atoms with Crippen LogP contribution in [-0.4, -0.2) is 29.2 Å². The van der Waals surface area contributed by atoms with Gasteiger partial charge in [-0.15, -0.1) is 0 Å². The second kappa shape index (κ2) is 9.11. The van der Waals surface area contributed by atoms with E-state index in [-0.39, 0.29) is 12.1 Å². The molecule has 0 saturated carbocycles. The van der Waals surface area contributed by atoms with Crippen LogP contribution in [0.4, 0.5) is 10.5 Å². The number of hydrogen-bond acceptors (Lipinski definition) is 2. The Morgan fingerprint density at radius 2 is 1.66 bits per heavy atom. The monoisotopic (exact) mass is 431 g/mol. The third-order valence-corrected chi connectivity index (χ3v) is 6.31. The minimum Gasteiger partial charge on any atom is -0.497 e. The third-order valence-electron chi connectivity index (χ3n) is 6.31. The first-order valence-electron chi connectivity index (χ1n) is 11.4. The van der Waals surface area contributed by atoms with Gasteiger partial charge < -0.3 is 19.5 Å². The van der Waals surface area contributed by atoms with Gasteiger partial charge in [-0.3, -0.25) is 0 Å². The van der Waals surface area contributed by atoms with Gasteiger partial charge in [-0.1, -0.05) is 58.0 Å². The summed E-state index contributed by atoms with van der Waals surface area (Å²) in [6, 6.07) is 18.2. The molecule has 0 unspecified atom stereocenters. The van der Waals surface area contributed by atoms with Crippen molar-refractivity contribution in [2.75, 3.05) is 19.0 Å². The van der Waals surface area contributed by atoms with E-state index < -0.39 is 0 Å². The van der Waals surface area contributed by atoms with Crippen LogP contribution in [0.3, 0.4) is 0 Å². The number of methoxy groups -OCH3 is 1. The van der Waals surface area contributed by atoms with Gasteiger partial charge in [-0.2, -0.15) is 0 Å². The lowest BCUT2D eigenvalue weighted by Gasteiger charge is -2.38. The molecule has 4 rings (SSSR count). The SMILES string of the molecule is COc1cccc([C@H]2c3cccn3CCN2C(=O)Nc2c(C(C)C)cccc2C(C)C)c1. The number of hydrogen-bond donors (Lipinski definition) is 1. The van der Waals surface area contributed by atoms with Crippen LogP contribution in [-0.2, 0) is 6.54 Å². The summed E-state index contributed by atoms with van der Waals surface area (Å²) in [4.78, 5) is 15.7. The van der Waals surface area contributed by atoms with E-state index in [2.05, 4.69) is 80.2 Å². The van der Waals surface area contributed by atoms with Gasteiger partial charge in [-0.05, 0) is 52.8 Å². The molecule has 0 radical (unpaired) electrons. The normalized spacial score (nSPS) is 15.7. The number of carbonyl (C=O) groups excluding carboxylic acids is 1. The van der Waals surface area contributed by atoms with Crippen LogP contribution in [0.2, 0.25) is 0 Å². The Labute approximate surface area is 191 Å². The Morgan fingerprint density at radius 1 is 0.969 bits per heavy atom. The molecule has 1 aromatic heterocycles. The Balaban J connectivity index is 1.73. The summed E-state index contributed by atoms with van der Waals surface area (Å²) < 4.78 is 7.70. The second-order valence-corrected chi connectivity index (χ2v) is 9.05. The van der Waals surface area contributed by atoms with Crippen LogP contribution < -0.4 is 10.1 Å². The van der Waals surface area contributed by atoms with Gasteiger partial charge in [0.1, 0.15) is 5.75 Å². The number of ether oxygens (including phenoxy) is 1. The van der Waals surface area contributed by atoms with Crippen molar-refractivity contribution in [1.82, 2.24) is 9.47 Å². The molecule has 2 aromatic carbocycles. The number of nitrogens with one attached hydrogen (secondary N) is 1. The number of aromatic nitrogens is 1. The average molecular weight is 432 g/mol. The molecular weight excluding hydrogens is 398 g/mol. The first kappa shape index (κ1) is 22.0. The molecule has 5 nitrogen and oxygen atoms in total. The predicted octanol–water partition coefficient (Wildman–Crippen LogP) is 6.38. The summed E-state index contributed by atoms with van der Waals surface area (Å²) in [7, 11) is 1.67. The van der Waals surface area contributed by atoms with Crippen molar-refractivity contribution in [3.05, 3.63) is 83.2 Å². The van der Waals surface area contributed by atoms with Crippen LogP contribution >= 0.6 is 0 Å². The lowest BCUT2D eigenvalue weighted by atomic mass is 9.92. The summed E-state index contributed by atoms with van der Waals surface area (Å²) in [5.74, 6) is 1.42. The standard InChI is InChI=1S/C27H33N3O2/c1-18(2)22-11-7-12-23(19(3)4)25(22)28-27(31)30-16-15-29-14-8-13-24(29)26(30)20-9-6-10-21(17-20)32-5/h6-14,17-19,26H,15-16H2,1-5H3,(H,28,31)/t26-/m0/s1. The average Bonchev–Trinajstić information content (AvgIpc) is 3.27. The number of anilines is 1. The summed E-state index contributed by atoms with van der Waals surface area (Å²) in [5.41, 5.74) is 5.44. The molecule has 32 heavy (non-hydrogen) atoms. The van der Waals surface area contributed by atoms with E-state index in [4.69, 9.17) is 4.74 Å². The van der Waals surface area contributed by atoms with E-state index in [1.165, 1.54) is 11.1 Å². The Bertz CT molecular complexity index is 1070. The lowest BCUT2D eigenvalue weighted by Crippen LogP contribution is -2.44. The molecule has 5 heteroatoms. The molecule has 1 aliphatic heterocycles. The van der Waals surface area contributed by atoms with Gasteiger partial charge in [0.2, 0.25) is 0 Å². The molecule has 1 N–H and O–H groups in total. The Hall–Kier alpha value is -3.21. The second-order valence-electron chi connectivity index (χ2n) is 9.05. The topological polar surface area (TPSA) is 46.5 Å². The van der Waals surface area contributed by atoms with Gasteiger partial charge >= 0.3 is 6.03 Å².